The second-order valence-electron chi connectivity index (χ2n) is 2.07. The molecule has 0 bridgehead atoms. The number of methoxy groups -OCH3 is 2. The highest BCUT2D eigenvalue weighted by Gasteiger charge is 2.34. The maximum absolute atomic E-state index is 10.6. The van der Waals surface area contributed by atoms with Gasteiger partial charge in [0.1, 0.15) is 6.10 Å². The molecule has 1 fully saturated rings. The van der Waals surface area contributed by atoms with Gasteiger partial charge in [0, 0.05) is 14.2 Å². The van der Waals surface area contributed by atoms with Gasteiger partial charge in [-0.05, 0) is 0 Å². The van der Waals surface area contributed by atoms with Crippen molar-refractivity contribution in [1.82, 2.24) is 0 Å². The molecule has 1 saturated heterocycles. The van der Waals surface area contributed by atoms with E-state index in [2.05, 4.69) is 0 Å². The lowest BCUT2D eigenvalue weighted by molar-refractivity contribution is -0.168. The fourth-order valence-corrected chi connectivity index (χ4v) is 0.908. The van der Waals surface area contributed by atoms with Crippen LogP contribution < -0.4 is 0 Å². The van der Waals surface area contributed by atoms with Crippen molar-refractivity contribution in [3.05, 3.63) is 0 Å². The Morgan fingerprint density at radius 2 is 2.20 bits per heavy atom. The molecule has 0 amide bonds. The monoisotopic (exact) mass is 146 g/mol. The first-order valence-electron chi connectivity index (χ1n) is 3.03. The maximum Gasteiger partial charge on any atom is 0.311 e. The first-order chi connectivity index (χ1) is 4.77. The van der Waals surface area contributed by atoms with E-state index in [0.29, 0.717) is 0 Å². The summed E-state index contributed by atoms with van der Waals surface area (Å²) in [5.41, 5.74) is 0. The summed E-state index contributed by atoms with van der Waals surface area (Å²) in [4.78, 5) is 10.6. The molecule has 0 aliphatic carbocycles. The van der Waals surface area contributed by atoms with E-state index in [1.54, 1.807) is 0 Å². The SMILES string of the molecule is COC1CC(=O)OC1OC. The molecule has 1 aliphatic rings. The zero-order valence-electron chi connectivity index (χ0n) is 5.99. The fourth-order valence-electron chi connectivity index (χ4n) is 0.908. The quantitative estimate of drug-likeness (QED) is 0.511. The molecule has 0 spiro atoms. The number of ether oxygens (including phenoxy) is 3. The van der Waals surface area contributed by atoms with Crippen molar-refractivity contribution >= 4 is 5.97 Å². The molecule has 2 unspecified atom stereocenters. The van der Waals surface area contributed by atoms with Gasteiger partial charge in [-0.25, -0.2) is 0 Å². The Hall–Kier alpha value is -0.610. The summed E-state index contributed by atoms with van der Waals surface area (Å²) in [6.07, 6.45) is -0.468. The molecule has 0 N–H and O–H groups in total. The van der Waals surface area contributed by atoms with Crippen molar-refractivity contribution in [1.29, 1.82) is 0 Å². The van der Waals surface area contributed by atoms with Crippen molar-refractivity contribution in [3.63, 3.8) is 0 Å². The van der Waals surface area contributed by atoms with Crippen LogP contribution in [0.25, 0.3) is 0 Å². The molecule has 0 saturated carbocycles. The Kier molecular flexibility index (Phi) is 2.24. The minimum Gasteiger partial charge on any atom is -0.433 e. The molecule has 58 valence electrons. The van der Waals surface area contributed by atoms with Gasteiger partial charge in [-0.2, -0.15) is 0 Å². The van der Waals surface area contributed by atoms with Gasteiger partial charge < -0.3 is 14.2 Å². The van der Waals surface area contributed by atoms with Crippen molar-refractivity contribution in [2.75, 3.05) is 14.2 Å². The van der Waals surface area contributed by atoms with E-state index in [-0.39, 0.29) is 18.5 Å². The number of esters is 1. The van der Waals surface area contributed by atoms with Gasteiger partial charge >= 0.3 is 5.97 Å². The molecule has 1 rings (SSSR count). The lowest BCUT2D eigenvalue weighted by Crippen LogP contribution is -2.24. The molecule has 10 heavy (non-hydrogen) atoms. The smallest absolute Gasteiger partial charge is 0.311 e. The number of rotatable bonds is 2. The lowest BCUT2D eigenvalue weighted by atomic mass is 10.3. The van der Waals surface area contributed by atoms with Gasteiger partial charge in [0.2, 0.25) is 6.29 Å². The van der Waals surface area contributed by atoms with Crippen LogP contribution in [0.2, 0.25) is 0 Å². The molecule has 0 aromatic heterocycles. The van der Waals surface area contributed by atoms with Gasteiger partial charge in [-0.3, -0.25) is 4.79 Å². The van der Waals surface area contributed by atoms with Gasteiger partial charge in [0.05, 0.1) is 6.42 Å². The zero-order chi connectivity index (χ0) is 7.56. The van der Waals surface area contributed by atoms with Gasteiger partial charge in [-0.1, -0.05) is 0 Å². The number of hydrogen-bond acceptors (Lipinski definition) is 4. The van der Waals surface area contributed by atoms with Gasteiger partial charge in [0.25, 0.3) is 0 Å². The van der Waals surface area contributed by atoms with E-state index >= 15 is 0 Å². The van der Waals surface area contributed by atoms with Crippen LogP contribution in [0.5, 0.6) is 0 Å². The van der Waals surface area contributed by atoms with Crippen molar-refractivity contribution in [2.24, 2.45) is 0 Å². The van der Waals surface area contributed by atoms with Gasteiger partial charge in [0.15, 0.2) is 0 Å². The van der Waals surface area contributed by atoms with Crippen molar-refractivity contribution < 1.29 is 19.0 Å². The van der Waals surface area contributed by atoms with Crippen LogP contribution in [0.4, 0.5) is 0 Å². The molecule has 4 heteroatoms. The molecule has 0 radical (unpaired) electrons. The largest absolute Gasteiger partial charge is 0.433 e. The minimum absolute atomic E-state index is 0.238. The molecule has 1 aliphatic heterocycles. The van der Waals surface area contributed by atoms with Crippen LogP contribution in [-0.2, 0) is 19.0 Å². The second-order valence-corrected chi connectivity index (χ2v) is 2.07. The predicted octanol–water partition coefficient (Wildman–Crippen LogP) is -0.0792. The third-order valence-electron chi connectivity index (χ3n) is 1.45. The molecular formula is C6H10O4. The Morgan fingerprint density at radius 1 is 1.50 bits per heavy atom. The molecule has 0 aromatic rings. The summed E-state index contributed by atoms with van der Waals surface area (Å²) in [6, 6.07) is 0. The van der Waals surface area contributed by atoms with Crippen LogP contribution in [0.1, 0.15) is 6.42 Å². The summed E-state index contributed by atoms with van der Waals surface area (Å²) in [7, 11) is 3.01. The second kappa shape index (κ2) is 2.98. The van der Waals surface area contributed by atoms with Crippen molar-refractivity contribution in [2.45, 2.75) is 18.8 Å². The average Bonchev–Trinajstić information content (AvgIpc) is 2.30. The number of carbonyl (C=O) groups is 1. The van der Waals surface area contributed by atoms with E-state index in [4.69, 9.17) is 14.2 Å². The van der Waals surface area contributed by atoms with Crippen LogP contribution in [-0.4, -0.2) is 32.6 Å². The first-order valence-corrected chi connectivity index (χ1v) is 3.03. The third kappa shape index (κ3) is 1.27. The molecule has 1 heterocycles. The average molecular weight is 146 g/mol. The summed E-state index contributed by atoms with van der Waals surface area (Å²) < 4.78 is 14.5. The van der Waals surface area contributed by atoms with E-state index in [9.17, 15) is 4.79 Å². The molecule has 0 aromatic carbocycles. The standard InChI is InChI=1S/C6H10O4/c1-8-4-3-5(7)10-6(4)9-2/h4,6H,3H2,1-2H3. The predicted molar refractivity (Wildman–Crippen MR) is 32.3 cm³/mol. The number of hydrogen-bond donors (Lipinski definition) is 0. The van der Waals surface area contributed by atoms with Crippen LogP contribution >= 0.6 is 0 Å². The highest BCUT2D eigenvalue weighted by Crippen LogP contribution is 2.17. The van der Waals surface area contributed by atoms with Crippen LogP contribution in [0.15, 0.2) is 0 Å². The van der Waals surface area contributed by atoms with E-state index in [1.807, 2.05) is 0 Å². The maximum atomic E-state index is 10.6. The van der Waals surface area contributed by atoms with Gasteiger partial charge in [-0.15, -0.1) is 0 Å². The number of carbonyl (C=O) groups excluding carboxylic acids is 1. The highest BCUT2D eigenvalue weighted by atomic mass is 16.7. The normalized spacial score (nSPS) is 32.4. The Balaban J connectivity index is 2.48. The highest BCUT2D eigenvalue weighted by molar-refractivity contribution is 5.72. The third-order valence-corrected chi connectivity index (χ3v) is 1.45. The first kappa shape index (κ1) is 7.50. The summed E-state index contributed by atoms with van der Waals surface area (Å²) in [5.74, 6) is -0.265. The lowest BCUT2D eigenvalue weighted by Gasteiger charge is -2.12. The fraction of sp³-hybridized carbons (Fsp3) is 0.833. The zero-order valence-corrected chi connectivity index (χ0v) is 5.99. The summed E-state index contributed by atoms with van der Waals surface area (Å²) in [5, 5.41) is 0. The summed E-state index contributed by atoms with van der Waals surface area (Å²) in [6.45, 7) is 0. The Labute approximate surface area is 59.1 Å². The number of cyclic esters (lactones) is 1. The molecule has 2 atom stereocenters. The van der Waals surface area contributed by atoms with E-state index in [1.165, 1.54) is 14.2 Å². The molecular weight excluding hydrogens is 136 g/mol. The van der Waals surface area contributed by atoms with Crippen LogP contribution in [0, 0.1) is 0 Å². The van der Waals surface area contributed by atoms with Crippen molar-refractivity contribution in [3.8, 4) is 0 Å². The van der Waals surface area contributed by atoms with Crippen LogP contribution in [0.3, 0.4) is 0 Å². The summed E-state index contributed by atoms with van der Waals surface area (Å²) >= 11 is 0. The van der Waals surface area contributed by atoms with E-state index in [0.717, 1.165) is 0 Å². The topological polar surface area (TPSA) is 44.8 Å². The van der Waals surface area contributed by atoms with E-state index < -0.39 is 6.29 Å². The minimum atomic E-state index is -0.516. The molecule has 4 nitrogen and oxygen atoms in total. The Bertz CT molecular complexity index is 120. The Morgan fingerprint density at radius 3 is 2.60 bits per heavy atom.